The summed E-state index contributed by atoms with van der Waals surface area (Å²) in [6, 6.07) is 10.5. The van der Waals surface area contributed by atoms with E-state index in [1.165, 1.54) is 4.09 Å². The van der Waals surface area contributed by atoms with E-state index >= 15 is 0 Å². The second kappa shape index (κ2) is 9.50. The average Bonchev–Trinajstić information content (AvgIpc) is 3.34. The summed E-state index contributed by atoms with van der Waals surface area (Å²) < 4.78 is 34.3. The van der Waals surface area contributed by atoms with Gasteiger partial charge in [-0.05, 0) is 31.0 Å². The Balaban J connectivity index is 0.967. The van der Waals surface area contributed by atoms with Gasteiger partial charge in [0.25, 0.3) is 6.01 Å². The van der Waals surface area contributed by atoms with E-state index in [2.05, 4.69) is 24.7 Å². The molecule has 3 N–H and O–H groups in total. The number of fused-ring (bicyclic) bond motifs is 3. The number of pyridine rings is 1. The van der Waals surface area contributed by atoms with E-state index in [1.54, 1.807) is 6.07 Å². The van der Waals surface area contributed by atoms with Crippen LogP contribution in [0.1, 0.15) is 24.1 Å². The molecule has 40 heavy (non-hydrogen) atoms. The van der Waals surface area contributed by atoms with Gasteiger partial charge in [0.05, 0.1) is 41.7 Å². The van der Waals surface area contributed by atoms with E-state index in [4.69, 9.17) is 30.8 Å². The van der Waals surface area contributed by atoms with E-state index in [0.717, 1.165) is 35.3 Å². The molecule has 1 aliphatic carbocycles. The number of rotatable bonds is 7. The van der Waals surface area contributed by atoms with Crippen LogP contribution in [0.4, 0.5) is 5.69 Å². The van der Waals surface area contributed by atoms with Crippen molar-refractivity contribution in [3.8, 4) is 17.3 Å². The summed E-state index contributed by atoms with van der Waals surface area (Å²) in [5.74, 6) is 0. The maximum Gasteiger partial charge on any atom is 0.296 e. The van der Waals surface area contributed by atoms with Gasteiger partial charge in [0.2, 0.25) is 11.2 Å². The Morgan fingerprint density at radius 1 is 1.12 bits per heavy atom. The van der Waals surface area contributed by atoms with Crippen molar-refractivity contribution >= 4 is 39.6 Å². The fraction of sp³-hybridized carbons (Fsp3) is 0.423. The second-order valence-corrected chi connectivity index (χ2v) is 12.1. The summed E-state index contributed by atoms with van der Waals surface area (Å²) >= 11 is 5.30. The number of hydrogen-bond acceptors (Lipinski definition) is 9. The van der Waals surface area contributed by atoms with Crippen LogP contribution < -0.4 is 14.4 Å². The lowest BCUT2D eigenvalue weighted by atomic mass is 10.1. The number of hydrogen-bond donors (Lipinski definition) is 3. The van der Waals surface area contributed by atoms with Crippen molar-refractivity contribution in [3.63, 3.8) is 0 Å². The third-order valence-corrected chi connectivity index (χ3v) is 9.08. The standard InChI is InChI=1S/C26H26ClN7O5S/c27-17-7-18-25(30-26(28-18)39-21-12-38-23-20(35)11-37-24(21)23)29-22(17)13-1-5-16(6-2-13)33-8-14-9-34(31-19(14)10-33)40(36)32-15-3-4-15/h1-2,5-7,9,15,20-21,23-24,32,35H,3-4,8,10-12H2,(H,28,29,30)/t20-,21-,23-,24-,40?/m1/s1. The number of aliphatic hydroxyl groups excluding tert-OH is 1. The number of imidazole rings is 1. The summed E-state index contributed by atoms with van der Waals surface area (Å²) in [4.78, 5) is 14.6. The maximum absolute atomic E-state index is 12.4. The number of ether oxygens (including phenoxy) is 3. The Hall–Kier alpha value is -3.07. The topological polar surface area (TPSA) is 140 Å². The molecule has 208 valence electrons. The molecular weight excluding hydrogens is 558 g/mol. The highest BCUT2D eigenvalue weighted by Gasteiger charge is 2.48. The normalized spacial score (nSPS) is 26.4. The number of aromatic amines is 1. The first-order valence-corrected chi connectivity index (χ1v) is 14.7. The summed E-state index contributed by atoms with van der Waals surface area (Å²) in [6.07, 6.45) is 2.29. The molecule has 1 saturated carbocycles. The number of nitrogens with zero attached hydrogens (tertiary/aromatic N) is 5. The van der Waals surface area contributed by atoms with Crippen LogP contribution in [-0.4, -0.2) is 77.1 Å². The number of aromatic nitrogens is 5. The van der Waals surface area contributed by atoms with Crippen molar-refractivity contribution in [2.75, 3.05) is 18.1 Å². The van der Waals surface area contributed by atoms with Gasteiger partial charge in [-0.25, -0.2) is 13.9 Å². The predicted molar refractivity (Wildman–Crippen MR) is 146 cm³/mol. The number of aliphatic hydroxyl groups is 1. The molecule has 8 rings (SSSR count). The number of halogens is 1. The number of nitrogens with one attached hydrogen (secondary N) is 2. The minimum atomic E-state index is -1.32. The highest BCUT2D eigenvalue weighted by molar-refractivity contribution is 7.81. The molecule has 6 heterocycles. The van der Waals surface area contributed by atoms with Gasteiger partial charge in [0.15, 0.2) is 11.8 Å². The molecule has 0 bridgehead atoms. The van der Waals surface area contributed by atoms with Gasteiger partial charge in [-0.2, -0.15) is 14.2 Å². The highest BCUT2D eigenvalue weighted by atomic mass is 35.5. The first-order chi connectivity index (χ1) is 19.5. The van der Waals surface area contributed by atoms with Crippen LogP contribution in [0, 0.1) is 0 Å². The minimum Gasteiger partial charge on any atom is -0.456 e. The molecule has 2 saturated heterocycles. The largest absolute Gasteiger partial charge is 0.456 e. The maximum atomic E-state index is 12.4. The van der Waals surface area contributed by atoms with Gasteiger partial charge in [0, 0.05) is 35.6 Å². The first-order valence-electron chi connectivity index (χ1n) is 13.2. The molecule has 4 aromatic rings. The van der Waals surface area contributed by atoms with E-state index in [9.17, 15) is 9.32 Å². The van der Waals surface area contributed by atoms with Crippen molar-refractivity contribution in [1.29, 1.82) is 0 Å². The summed E-state index contributed by atoms with van der Waals surface area (Å²) in [5, 5.41) is 15.0. The Kier molecular flexibility index (Phi) is 5.87. The van der Waals surface area contributed by atoms with Gasteiger partial charge >= 0.3 is 0 Å². The minimum absolute atomic E-state index is 0.234. The fourth-order valence-electron chi connectivity index (χ4n) is 5.47. The summed E-state index contributed by atoms with van der Waals surface area (Å²) in [7, 11) is 0. The number of anilines is 1. The predicted octanol–water partition coefficient (Wildman–Crippen LogP) is 2.08. The van der Waals surface area contributed by atoms with Crippen molar-refractivity contribution in [3.05, 3.63) is 52.8 Å². The van der Waals surface area contributed by atoms with Crippen molar-refractivity contribution in [2.45, 2.75) is 56.4 Å². The third-order valence-electron chi connectivity index (χ3n) is 7.73. The Bertz CT molecular complexity index is 1600. The molecular formula is C26H26ClN7O5S. The molecule has 1 unspecified atom stereocenters. The van der Waals surface area contributed by atoms with E-state index in [1.807, 2.05) is 30.5 Å². The molecule has 12 nitrogen and oxygen atoms in total. The molecule has 3 aromatic heterocycles. The summed E-state index contributed by atoms with van der Waals surface area (Å²) in [6.45, 7) is 1.90. The molecule has 0 amide bonds. The van der Waals surface area contributed by atoms with Crippen LogP contribution in [-0.2, 0) is 33.7 Å². The summed E-state index contributed by atoms with van der Waals surface area (Å²) in [5.41, 5.74) is 5.70. The molecule has 4 aliphatic rings. The zero-order valence-corrected chi connectivity index (χ0v) is 22.8. The van der Waals surface area contributed by atoms with E-state index < -0.39 is 17.3 Å². The number of H-pyrrole nitrogens is 1. The van der Waals surface area contributed by atoms with Crippen LogP contribution >= 0.6 is 11.6 Å². The number of benzene rings is 1. The molecule has 0 radical (unpaired) electrons. The van der Waals surface area contributed by atoms with Gasteiger partial charge < -0.3 is 29.2 Å². The lowest BCUT2D eigenvalue weighted by molar-refractivity contribution is 0.00706. The van der Waals surface area contributed by atoms with Gasteiger partial charge in [0.1, 0.15) is 18.3 Å². The smallest absolute Gasteiger partial charge is 0.296 e. The molecule has 0 spiro atoms. The van der Waals surface area contributed by atoms with Crippen LogP contribution in [0.3, 0.4) is 0 Å². The van der Waals surface area contributed by atoms with E-state index in [0.29, 0.717) is 53.6 Å². The molecule has 5 atom stereocenters. The zero-order valence-electron chi connectivity index (χ0n) is 21.2. The lowest BCUT2D eigenvalue weighted by Crippen LogP contribution is -2.34. The molecule has 1 aromatic carbocycles. The zero-order chi connectivity index (χ0) is 27.0. The Morgan fingerprint density at radius 3 is 2.75 bits per heavy atom. The van der Waals surface area contributed by atoms with Crippen LogP contribution in [0.25, 0.3) is 22.4 Å². The Labute approximate surface area is 236 Å². The van der Waals surface area contributed by atoms with E-state index in [-0.39, 0.29) is 24.9 Å². The van der Waals surface area contributed by atoms with Gasteiger partial charge in [-0.15, -0.1) is 0 Å². The molecule has 3 fully saturated rings. The monoisotopic (exact) mass is 583 g/mol. The van der Waals surface area contributed by atoms with Crippen LogP contribution in [0.2, 0.25) is 5.02 Å². The molecule has 3 aliphatic heterocycles. The third kappa shape index (κ3) is 4.37. The lowest BCUT2D eigenvalue weighted by Gasteiger charge is -2.18. The van der Waals surface area contributed by atoms with Crippen molar-refractivity contribution in [1.82, 2.24) is 28.9 Å². The van der Waals surface area contributed by atoms with Crippen LogP contribution in [0.15, 0.2) is 36.5 Å². The molecule has 14 heteroatoms. The van der Waals surface area contributed by atoms with Gasteiger partial charge in [-0.3, -0.25) is 0 Å². The van der Waals surface area contributed by atoms with Crippen LogP contribution in [0.5, 0.6) is 6.01 Å². The highest BCUT2D eigenvalue weighted by Crippen LogP contribution is 2.34. The SMILES string of the molecule is O=S(NC1CC1)n1cc2c(n1)CN(c1ccc(-c3nc4nc(O[C@@H]5CO[C@H]6[C@@H]5OC[C@H]6O)[nH]c4cc3Cl)cc1)C2. The fourth-order valence-corrected chi connectivity index (χ4v) is 6.75. The quantitative estimate of drug-likeness (QED) is 0.298. The van der Waals surface area contributed by atoms with Crippen molar-refractivity contribution in [2.24, 2.45) is 0 Å². The first kappa shape index (κ1) is 24.7. The average molecular weight is 584 g/mol. The Morgan fingerprint density at radius 2 is 1.95 bits per heavy atom. The second-order valence-electron chi connectivity index (χ2n) is 10.6. The van der Waals surface area contributed by atoms with Crippen molar-refractivity contribution < 1.29 is 23.5 Å². The van der Waals surface area contributed by atoms with Gasteiger partial charge in [-0.1, -0.05) is 23.7 Å².